The Hall–Kier alpha value is -2.77. The monoisotopic (exact) mass is 306 g/mol. The zero-order valence-corrected chi connectivity index (χ0v) is 12.8. The first-order chi connectivity index (χ1) is 10.9. The third-order valence-corrected chi connectivity index (χ3v) is 3.81. The minimum atomic E-state index is -1.18. The van der Waals surface area contributed by atoms with E-state index in [9.17, 15) is 9.50 Å². The van der Waals surface area contributed by atoms with Crippen LogP contribution in [-0.4, -0.2) is 10.1 Å². The molecule has 0 atom stereocenters. The number of aromatic nitrogens is 1. The molecule has 1 N–H and O–H groups in total. The minimum absolute atomic E-state index is 0.484. The molecular weight excluding hydrogens is 291 g/mol. The van der Waals surface area contributed by atoms with Gasteiger partial charge in [0, 0.05) is 11.8 Å². The van der Waals surface area contributed by atoms with Gasteiger partial charge in [0.05, 0.1) is 17.2 Å². The van der Waals surface area contributed by atoms with E-state index in [1.165, 1.54) is 12.3 Å². The summed E-state index contributed by atoms with van der Waals surface area (Å²) in [5.74, 6) is -0.620. The first-order valence-electron chi connectivity index (χ1n) is 7.21. The molecule has 3 nitrogen and oxygen atoms in total. The molecule has 2 aromatic carbocycles. The van der Waals surface area contributed by atoms with Gasteiger partial charge < -0.3 is 5.11 Å². The number of fused-ring (bicyclic) bond motifs is 1. The quantitative estimate of drug-likeness (QED) is 0.724. The molecule has 0 fully saturated rings. The SMILES string of the molecule is CC(C)(O)c1cc(F)ncc1-c1ccc2cc(C#N)ccc2c1. The van der Waals surface area contributed by atoms with E-state index < -0.39 is 11.5 Å². The first-order valence-corrected chi connectivity index (χ1v) is 7.21. The average Bonchev–Trinajstić information content (AvgIpc) is 2.53. The highest BCUT2D eigenvalue weighted by Gasteiger charge is 2.22. The fraction of sp³-hybridized carbons (Fsp3) is 0.158. The normalized spacial score (nSPS) is 11.4. The van der Waals surface area contributed by atoms with Gasteiger partial charge >= 0.3 is 0 Å². The van der Waals surface area contributed by atoms with E-state index in [0.717, 1.165) is 16.3 Å². The fourth-order valence-corrected chi connectivity index (χ4v) is 2.65. The molecule has 1 aromatic heterocycles. The van der Waals surface area contributed by atoms with E-state index in [0.29, 0.717) is 16.7 Å². The third kappa shape index (κ3) is 2.92. The summed E-state index contributed by atoms with van der Waals surface area (Å²) >= 11 is 0. The van der Waals surface area contributed by atoms with Crippen LogP contribution in [0.25, 0.3) is 21.9 Å². The van der Waals surface area contributed by atoms with Crippen LogP contribution in [-0.2, 0) is 5.60 Å². The predicted molar refractivity (Wildman–Crippen MR) is 87.1 cm³/mol. The molecule has 0 spiro atoms. The van der Waals surface area contributed by atoms with Crippen molar-refractivity contribution in [3.05, 3.63) is 65.7 Å². The summed E-state index contributed by atoms with van der Waals surface area (Å²) in [6.45, 7) is 3.23. The average molecular weight is 306 g/mol. The van der Waals surface area contributed by atoms with Crippen molar-refractivity contribution in [3.63, 3.8) is 0 Å². The second-order valence-electron chi connectivity index (χ2n) is 6.00. The van der Waals surface area contributed by atoms with Crippen LogP contribution in [0.15, 0.2) is 48.7 Å². The molecular formula is C19H15FN2O. The molecule has 0 amide bonds. The number of rotatable bonds is 2. The molecule has 0 saturated carbocycles. The van der Waals surface area contributed by atoms with Gasteiger partial charge in [-0.1, -0.05) is 18.2 Å². The van der Waals surface area contributed by atoms with Crippen molar-refractivity contribution < 1.29 is 9.50 Å². The van der Waals surface area contributed by atoms with Crippen LogP contribution < -0.4 is 0 Å². The van der Waals surface area contributed by atoms with E-state index in [2.05, 4.69) is 11.1 Å². The second-order valence-corrected chi connectivity index (χ2v) is 6.00. The molecule has 0 bridgehead atoms. The smallest absolute Gasteiger partial charge is 0.213 e. The third-order valence-electron chi connectivity index (χ3n) is 3.81. The summed E-state index contributed by atoms with van der Waals surface area (Å²) < 4.78 is 13.5. The number of benzene rings is 2. The molecule has 0 aliphatic carbocycles. The molecule has 0 radical (unpaired) electrons. The van der Waals surface area contributed by atoms with Crippen LogP contribution in [0.4, 0.5) is 4.39 Å². The van der Waals surface area contributed by atoms with Gasteiger partial charge in [-0.2, -0.15) is 9.65 Å². The topological polar surface area (TPSA) is 56.9 Å². The van der Waals surface area contributed by atoms with Gasteiger partial charge in [-0.25, -0.2) is 4.98 Å². The maximum absolute atomic E-state index is 13.5. The van der Waals surface area contributed by atoms with Crippen molar-refractivity contribution in [2.75, 3.05) is 0 Å². The highest BCUT2D eigenvalue weighted by atomic mass is 19.1. The van der Waals surface area contributed by atoms with Gasteiger partial charge in [0.15, 0.2) is 0 Å². The van der Waals surface area contributed by atoms with Crippen molar-refractivity contribution >= 4 is 10.8 Å². The molecule has 0 aliphatic rings. The Morgan fingerprint density at radius 1 is 1.09 bits per heavy atom. The predicted octanol–water partition coefficient (Wildman–Crippen LogP) is 4.14. The first kappa shape index (κ1) is 15.1. The highest BCUT2D eigenvalue weighted by molar-refractivity contribution is 5.88. The van der Waals surface area contributed by atoms with Gasteiger partial charge in [0.25, 0.3) is 0 Å². The Morgan fingerprint density at radius 3 is 2.48 bits per heavy atom. The van der Waals surface area contributed by atoms with Crippen LogP contribution in [0.3, 0.4) is 0 Å². The number of halogens is 1. The lowest BCUT2D eigenvalue weighted by molar-refractivity contribution is 0.0787. The van der Waals surface area contributed by atoms with Gasteiger partial charge in [0.2, 0.25) is 5.95 Å². The molecule has 1 heterocycles. The molecule has 23 heavy (non-hydrogen) atoms. The van der Waals surface area contributed by atoms with E-state index in [1.54, 1.807) is 19.9 Å². The van der Waals surface area contributed by atoms with Crippen LogP contribution >= 0.6 is 0 Å². The van der Waals surface area contributed by atoms with Crippen molar-refractivity contribution in [2.45, 2.75) is 19.4 Å². The van der Waals surface area contributed by atoms with Crippen molar-refractivity contribution in [1.29, 1.82) is 5.26 Å². The number of nitrogens with zero attached hydrogens (tertiary/aromatic N) is 2. The maximum atomic E-state index is 13.5. The lowest BCUT2D eigenvalue weighted by atomic mass is 9.90. The second kappa shape index (κ2) is 5.45. The van der Waals surface area contributed by atoms with E-state index in [1.807, 2.05) is 30.3 Å². The lowest BCUT2D eigenvalue weighted by Crippen LogP contribution is -2.17. The summed E-state index contributed by atoms with van der Waals surface area (Å²) in [6, 6.07) is 14.6. The molecule has 3 rings (SSSR count). The number of aliphatic hydroxyl groups is 1. The van der Waals surface area contributed by atoms with Gasteiger partial charge in [-0.15, -0.1) is 0 Å². The Morgan fingerprint density at radius 2 is 1.78 bits per heavy atom. The van der Waals surface area contributed by atoms with E-state index in [-0.39, 0.29) is 0 Å². The Bertz CT molecular complexity index is 936. The van der Waals surface area contributed by atoms with Gasteiger partial charge in [0.1, 0.15) is 0 Å². The Balaban J connectivity index is 2.20. The summed E-state index contributed by atoms with van der Waals surface area (Å²) in [7, 11) is 0. The van der Waals surface area contributed by atoms with Crippen molar-refractivity contribution in [2.24, 2.45) is 0 Å². The molecule has 0 aliphatic heterocycles. The molecule has 114 valence electrons. The zero-order chi connectivity index (χ0) is 16.6. The minimum Gasteiger partial charge on any atom is -0.386 e. The molecule has 0 saturated heterocycles. The standard InChI is InChI=1S/C19H15FN2O/c1-19(2,23)17-9-18(20)22-11-16(17)15-6-5-13-7-12(10-21)3-4-14(13)8-15/h3-9,11,23H,1-2H3. The molecule has 3 aromatic rings. The summed E-state index contributed by atoms with van der Waals surface area (Å²) in [5.41, 5.74) is 1.43. The number of pyridine rings is 1. The number of hydrogen-bond donors (Lipinski definition) is 1. The number of hydrogen-bond acceptors (Lipinski definition) is 3. The number of nitriles is 1. The van der Waals surface area contributed by atoms with Crippen molar-refractivity contribution in [3.8, 4) is 17.2 Å². The van der Waals surface area contributed by atoms with E-state index >= 15 is 0 Å². The van der Waals surface area contributed by atoms with Crippen LogP contribution in [0.1, 0.15) is 25.0 Å². The van der Waals surface area contributed by atoms with Gasteiger partial charge in [-0.05, 0) is 60.0 Å². The molecule has 0 unspecified atom stereocenters. The molecule has 4 heteroatoms. The van der Waals surface area contributed by atoms with Crippen LogP contribution in [0.2, 0.25) is 0 Å². The summed E-state index contributed by atoms with van der Waals surface area (Å²) in [4.78, 5) is 3.72. The maximum Gasteiger partial charge on any atom is 0.213 e. The summed E-state index contributed by atoms with van der Waals surface area (Å²) in [5, 5.41) is 21.2. The van der Waals surface area contributed by atoms with Crippen molar-refractivity contribution in [1.82, 2.24) is 4.98 Å². The largest absolute Gasteiger partial charge is 0.386 e. The zero-order valence-electron chi connectivity index (χ0n) is 12.8. The van der Waals surface area contributed by atoms with Gasteiger partial charge in [-0.3, -0.25) is 0 Å². The lowest BCUT2D eigenvalue weighted by Gasteiger charge is -2.21. The van der Waals surface area contributed by atoms with E-state index in [4.69, 9.17) is 5.26 Å². The highest BCUT2D eigenvalue weighted by Crippen LogP contribution is 2.33. The Labute approximate surface area is 133 Å². The van der Waals surface area contributed by atoms with Crippen LogP contribution in [0, 0.1) is 17.3 Å². The fourth-order valence-electron chi connectivity index (χ4n) is 2.65. The van der Waals surface area contributed by atoms with Crippen LogP contribution in [0.5, 0.6) is 0 Å². The summed E-state index contributed by atoms with van der Waals surface area (Å²) in [6.07, 6.45) is 1.44. The Kier molecular flexibility index (Phi) is 3.59.